The van der Waals surface area contributed by atoms with E-state index in [0.717, 1.165) is 13.0 Å². The van der Waals surface area contributed by atoms with Gasteiger partial charge in [-0.2, -0.15) is 0 Å². The molecule has 0 amide bonds. The van der Waals surface area contributed by atoms with Gasteiger partial charge in [0.05, 0.1) is 0 Å². The van der Waals surface area contributed by atoms with E-state index in [4.69, 9.17) is 0 Å². The van der Waals surface area contributed by atoms with Crippen LogP contribution in [0.25, 0.3) is 0 Å². The predicted octanol–water partition coefficient (Wildman–Crippen LogP) is 4.29. The van der Waals surface area contributed by atoms with E-state index in [1.807, 2.05) is 0 Å². The predicted molar refractivity (Wildman–Crippen MR) is 72.7 cm³/mol. The summed E-state index contributed by atoms with van der Waals surface area (Å²) in [5.74, 6) is 0. The molecule has 0 aromatic heterocycles. The van der Waals surface area contributed by atoms with Gasteiger partial charge in [-0.25, -0.2) is 0 Å². The molecule has 1 nitrogen and oxygen atoms in total. The van der Waals surface area contributed by atoms with Crippen LogP contribution in [0, 0.1) is 5.41 Å². The van der Waals surface area contributed by atoms with Crippen LogP contribution in [0.1, 0.15) is 65.7 Å². The first-order valence-electron chi connectivity index (χ1n) is 7.08. The fraction of sp³-hybridized carbons (Fsp3) is 0.867. The topological polar surface area (TPSA) is 12.0 Å². The summed E-state index contributed by atoms with van der Waals surface area (Å²) in [7, 11) is 0. The van der Waals surface area contributed by atoms with Gasteiger partial charge in [0.15, 0.2) is 0 Å². The molecule has 0 radical (unpaired) electrons. The molecule has 16 heavy (non-hydrogen) atoms. The van der Waals surface area contributed by atoms with Gasteiger partial charge in [0.2, 0.25) is 0 Å². The zero-order valence-corrected chi connectivity index (χ0v) is 11.4. The summed E-state index contributed by atoms with van der Waals surface area (Å²) in [4.78, 5) is 0. The summed E-state index contributed by atoms with van der Waals surface area (Å²) < 4.78 is 0. The van der Waals surface area contributed by atoms with E-state index >= 15 is 0 Å². The van der Waals surface area contributed by atoms with Crippen LogP contribution in [0.15, 0.2) is 12.2 Å². The molecule has 0 aromatic rings. The van der Waals surface area contributed by atoms with Gasteiger partial charge < -0.3 is 5.32 Å². The first-order valence-corrected chi connectivity index (χ1v) is 7.08. The Morgan fingerprint density at radius 3 is 2.31 bits per heavy atom. The molecular weight excluding hydrogens is 194 g/mol. The highest BCUT2D eigenvalue weighted by Crippen LogP contribution is 2.45. The van der Waals surface area contributed by atoms with Crippen molar-refractivity contribution in [3.05, 3.63) is 12.2 Å². The second-order valence-electron chi connectivity index (χ2n) is 5.34. The van der Waals surface area contributed by atoms with Gasteiger partial charge in [0.25, 0.3) is 0 Å². The lowest BCUT2D eigenvalue weighted by Gasteiger charge is -2.38. The Morgan fingerprint density at radius 1 is 1.25 bits per heavy atom. The van der Waals surface area contributed by atoms with E-state index in [2.05, 4.69) is 32.7 Å². The molecule has 0 spiro atoms. The van der Waals surface area contributed by atoms with E-state index in [1.165, 1.54) is 44.1 Å². The lowest BCUT2D eigenvalue weighted by atomic mass is 9.74. The van der Waals surface area contributed by atoms with Crippen molar-refractivity contribution in [3.63, 3.8) is 0 Å². The Labute approximate surface area is 102 Å². The van der Waals surface area contributed by atoms with E-state index in [-0.39, 0.29) is 0 Å². The molecule has 1 N–H and O–H groups in total. The smallest absolute Gasteiger partial charge is 0.0160 e. The average Bonchev–Trinajstić information content (AvgIpc) is 2.78. The fourth-order valence-electron chi connectivity index (χ4n) is 3.21. The third-order valence-corrected chi connectivity index (χ3v) is 4.49. The molecule has 1 fully saturated rings. The van der Waals surface area contributed by atoms with Crippen molar-refractivity contribution in [1.29, 1.82) is 0 Å². The monoisotopic (exact) mass is 223 g/mol. The van der Waals surface area contributed by atoms with Gasteiger partial charge in [-0.15, -0.1) is 0 Å². The number of nitrogens with one attached hydrogen (secondary N) is 1. The molecule has 0 aromatic carbocycles. The Morgan fingerprint density at radius 2 is 1.88 bits per heavy atom. The van der Waals surface area contributed by atoms with Gasteiger partial charge in [-0.3, -0.25) is 0 Å². The Bertz CT molecular complexity index is 213. The van der Waals surface area contributed by atoms with Crippen LogP contribution < -0.4 is 5.32 Å². The molecule has 1 unspecified atom stereocenters. The Kier molecular flexibility index (Phi) is 5.54. The number of hydrogen-bond acceptors (Lipinski definition) is 1. The summed E-state index contributed by atoms with van der Waals surface area (Å²) in [6.07, 6.45) is 9.31. The summed E-state index contributed by atoms with van der Waals surface area (Å²) in [6.45, 7) is 12.1. The van der Waals surface area contributed by atoms with Crippen molar-refractivity contribution in [2.75, 3.05) is 6.54 Å². The second-order valence-corrected chi connectivity index (χ2v) is 5.34. The molecule has 0 saturated heterocycles. The largest absolute Gasteiger partial charge is 0.313 e. The summed E-state index contributed by atoms with van der Waals surface area (Å²) >= 11 is 0. The average molecular weight is 223 g/mol. The van der Waals surface area contributed by atoms with Crippen molar-refractivity contribution in [2.45, 2.75) is 71.8 Å². The zero-order valence-electron chi connectivity index (χ0n) is 11.4. The van der Waals surface area contributed by atoms with E-state index in [9.17, 15) is 0 Å². The van der Waals surface area contributed by atoms with Crippen LogP contribution in [0.5, 0.6) is 0 Å². The standard InChI is InChI=1S/C15H29N/c1-5-13(4)12-14(16-7-3)15(6-2)10-8-9-11-15/h14,16H,4-12H2,1-3H3. The lowest BCUT2D eigenvalue weighted by Crippen LogP contribution is -2.43. The van der Waals surface area contributed by atoms with Crippen LogP contribution in [0.2, 0.25) is 0 Å². The molecule has 1 saturated carbocycles. The van der Waals surface area contributed by atoms with E-state index in [0.29, 0.717) is 11.5 Å². The molecule has 1 atom stereocenters. The SMILES string of the molecule is C=C(CC)CC(NCC)C1(CC)CCCC1. The van der Waals surface area contributed by atoms with Crippen molar-refractivity contribution in [1.82, 2.24) is 5.32 Å². The van der Waals surface area contributed by atoms with Crippen molar-refractivity contribution < 1.29 is 0 Å². The number of hydrogen-bond donors (Lipinski definition) is 1. The minimum absolute atomic E-state index is 0.564. The molecule has 94 valence electrons. The molecular formula is C15H29N. The molecule has 1 aliphatic rings. The van der Waals surface area contributed by atoms with Gasteiger partial charge in [-0.1, -0.05) is 45.8 Å². The summed E-state index contributed by atoms with van der Waals surface area (Å²) in [5, 5.41) is 3.72. The van der Waals surface area contributed by atoms with Gasteiger partial charge in [0.1, 0.15) is 0 Å². The van der Waals surface area contributed by atoms with Crippen LogP contribution in [0.4, 0.5) is 0 Å². The lowest BCUT2D eigenvalue weighted by molar-refractivity contribution is 0.186. The maximum atomic E-state index is 4.19. The summed E-state index contributed by atoms with van der Waals surface area (Å²) in [5.41, 5.74) is 1.97. The van der Waals surface area contributed by atoms with E-state index in [1.54, 1.807) is 0 Å². The highest BCUT2D eigenvalue weighted by molar-refractivity contribution is 5.03. The maximum absolute atomic E-state index is 4.19. The molecule has 1 rings (SSSR count). The molecule has 1 aliphatic carbocycles. The van der Waals surface area contributed by atoms with E-state index < -0.39 is 0 Å². The maximum Gasteiger partial charge on any atom is 0.0160 e. The Balaban J connectivity index is 2.69. The van der Waals surface area contributed by atoms with Crippen LogP contribution in [0.3, 0.4) is 0 Å². The zero-order chi connectivity index (χ0) is 12.0. The minimum Gasteiger partial charge on any atom is -0.313 e. The molecule has 0 aliphatic heterocycles. The van der Waals surface area contributed by atoms with Gasteiger partial charge >= 0.3 is 0 Å². The minimum atomic E-state index is 0.564. The third kappa shape index (κ3) is 3.10. The quantitative estimate of drug-likeness (QED) is 0.635. The number of rotatable bonds is 7. The fourth-order valence-corrected chi connectivity index (χ4v) is 3.21. The normalized spacial score (nSPS) is 20.9. The Hall–Kier alpha value is -0.300. The second kappa shape index (κ2) is 6.44. The van der Waals surface area contributed by atoms with Crippen molar-refractivity contribution in [3.8, 4) is 0 Å². The van der Waals surface area contributed by atoms with Crippen molar-refractivity contribution >= 4 is 0 Å². The van der Waals surface area contributed by atoms with Gasteiger partial charge in [-0.05, 0) is 44.1 Å². The van der Waals surface area contributed by atoms with Gasteiger partial charge in [0, 0.05) is 6.04 Å². The molecule has 1 heteroatoms. The first kappa shape index (κ1) is 13.8. The highest BCUT2D eigenvalue weighted by Gasteiger charge is 2.39. The van der Waals surface area contributed by atoms with Crippen molar-refractivity contribution in [2.24, 2.45) is 5.41 Å². The third-order valence-electron chi connectivity index (χ3n) is 4.49. The van der Waals surface area contributed by atoms with Crippen LogP contribution in [-0.2, 0) is 0 Å². The molecule has 0 heterocycles. The van der Waals surface area contributed by atoms with Crippen LogP contribution in [-0.4, -0.2) is 12.6 Å². The highest BCUT2D eigenvalue weighted by atomic mass is 14.9. The summed E-state index contributed by atoms with van der Waals surface area (Å²) in [6, 6.07) is 0.664. The first-order chi connectivity index (χ1) is 7.68. The van der Waals surface area contributed by atoms with Crippen LogP contribution >= 0.6 is 0 Å². The molecule has 0 bridgehead atoms.